The number of fused-ring (bicyclic) bond motifs is 8. The number of benzene rings is 13. The Morgan fingerprint density at radius 1 is 0.309 bits per heavy atom. The van der Waals surface area contributed by atoms with Crippen LogP contribution >= 0.6 is 0 Å². The first-order valence-corrected chi connectivity index (χ1v) is 27.4. The second kappa shape index (κ2) is 20.1. The highest BCUT2D eigenvalue weighted by Crippen LogP contribution is 2.49. The summed E-state index contributed by atoms with van der Waals surface area (Å²) in [5, 5.41) is 6.62. The summed E-state index contributed by atoms with van der Waals surface area (Å²) in [6, 6.07) is 111. The van der Waals surface area contributed by atoms with Gasteiger partial charge in [-0.2, -0.15) is 0 Å². The summed E-state index contributed by atoms with van der Waals surface area (Å²) in [6.07, 6.45) is 0. The maximum Gasteiger partial charge on any atom is 0.227 e. The topological polar surface area (TPSA) is 40.7 Å². The van der Waals surface area contributed by atoms with E-state index < -0.39 is 0 Å². The zero-order valence-electron chi connectivity index (χ0n) is 44.1. The SMILES string of the molecule is c1ccc(-c2nc3ccc4ccc5ccc(N(c6cc(N(c7ccccc7)c7ccccc7)cc(-n7c8ccccc8c8ccccc87)c6)c6ccc(-c7ccccc7)c(N(c7ccccc7)c7ccccc7)c6)cc5c4c3o2)cc1. The molecule has 0 spiro atoms. The van der Waals surface area contributed by atoms with Crippen molar-refractivity contribution in [2.75, 3.05) is 14.7 Å². The first kappa shape index (κ1) is 47.3. The van der Waals surface area contributed by atoms with Gasteiger partial charge in [-0.25, -0.2) is 4.98 Å². The van der Waals surface area contributed by atoms with Gasteiger partial charge >= 0.3 is 0 Å². The number of rotatable bonds is 12. The Morgan fingerprint density at radius 2 is 0.753 bits per heavy atom. The van der Waals surface area contributed by atoms with Crippen LogP contribution in [0, 0.1) is 0 Å². The second-order valence-electron chi connectivity index (χ2n) is 20.4. The highest BCUT2D eigenvalue weighted by molar-refractivity contribution is 6.19. The second-order valence-corrected chi connectivity index (χ2v) is 20.4. The van der Waals surface area contributed by atoms with Crippen LogP contribution in [0.1, 0.15) is 0 Å². The Hall–Kier alpha value is -11.0. The quantitative estimate of drug-likeness (QED) is 0.114. The molecule has 6 heteroatoms. The standard InChI is InChI=1S/C75H51N5O/c1-7-23-52(24-8-1)65-45-44-61(51-72(65)79(58-31-15-5-16-32-58)59-33-17-6-18-34-59)78(60-43-41-53-39-40-54-42-46-69-74(73(54)68(53)50-60)81-75(76-69)55-25-9-2-10-26-55)63-47-62(77(56-27-11-3-12-28-56)57-29-13-4-14-30-57)48-64(49-63)80-70-37-21-19-35-66(70)67-36-20-22-38-71(67)80/h1-51H. The van der Waals surface area contributed by atoms with E-state index >= 15 is 0 Å². The van der Waals surface area contributed by atoms with E-state index in [9.17, 15) is 0 Å². The molecule has 6 nitrogen and oxygen atoms in total. The van der Waals surface area contributed by atoms with E-state index in [2.05, 4.69) is 298 Å². The lowest BCUT2D eigenvalue weighted by Crippen LogP contribution is -2.16. The molecule has 0 radical (unpaired) electrons. The molecule has 0 saturated heterocycles. The Labute approximate surface area is 469 Å². The van der Waals surface area contributed by atoms with Crippen molar-refractivity contribution in [2.24, 2.45) is 0 Å². The van der Waals surface area contributed by atoms with E-state index in [0.717, 1.165) is 117 Å². The van der Waals surface area contributed by atoms with Crippen molar-refractivity contribution >= 4 is 106 Å². The van der Waals surface area contributed by atoms with Crippen molar-refractivity contribution < 1.29 is 4.42 Å². The van der Waals surface area contributed by atoms with Crippen LogP contribution in [0.15, 0.2) is 314 Å². The Balaban J connectivity index is 1.05. The van der Waals surface area contributed by atoms with Crippen LogP contribution in [0.4, 0.5) is 51.2 Å². The van der Waals surface area contributed by atoms with Gasteiger partial charge in [0.05, 0.1) is 33.8 Å². The summed E-state index contributed by atoms with van der Waals surface area (Å²) < 4.78 is 9.27. The van der Waals surface area contributed by atoms with Crippen molar-refractivity contribution in [3.8, 4) is 28.3 Å². The molecule has 15 rings (SSSR count). The number of hydrogen-bond acceptors (Lipinski definition) is 5. The van der Waals surface area contributed by atoms with Gasteiger partial charge in [-0.3, -0.25) is 0 Å². The van der Waals surface area contributed by atoms with Crippen molar-refractivity contribution in [3.63, 3.8) is 0 Å². The molecule has 81 heavy (non-hydrogen) atoms. The molecule has 0 unspecified atom stereocenters. The van der Waals surface area contributed by atoms with E-state index in [1.54, 1.807) is 0 Å². The Morgan fingerprint density at radius 3 is 1.33 bits per heavy atom. The fraction of sp³-hybridized carbons (Fsp3) is 0. The molecule has 2 heterocycles. The summed E-state index contributed by atoms with van der Waals surface area (Å²) in [4.78, 5) is 12.3. The van der Waals surface area contributed by atoms with Gasteiger partial charge < -0.3 is 23.7 Å². The van der Waals surface area contributed by atoms with Crippen LogP contribution in [0.5, 0.6) is 0 Å². The molecule has 15 aromatic rings. The smallest absolute Gasteiger partial charge is 0.227 e. The van der Waals surface area contributed by atoms with Gasteiger partial charge in [0.25, 0.3) is 0 Å². The van der Waals surface area contributed by atoms with Crippen molar-refractivity contribution in [3.05, 3.63) is 309 Å². The lowest BCUT2D eigenvalue weighted by atomic mass is 9.99. The van der Waals surface area contributed by atoms with E-state index in [0.29, 0.717) is 5.89 Å². The third-order valence-corrected chi connectivity index (χ3v) is 15.5. The molecule has 0 bridgehead atoms. The fourth-order valence-electron chi connectivity index (χ4n) is 11.9. The molecule has 13 aromatic carbocycles. The normalized spacial score (nSPS) is 11.5. The predicted molar refractivity (Wildman–Crippen MR) is 338 cm³/mol. The minimum absolute atomic E-state index is 0.594. The maximum atomic E-state index is 6.84. The monoisotopic (exact) mass is 1040 g/mol. The molecule has 382 valence electrons. The lowest BCUT2D eigenvalue weighted by molar-refractivity contribution is 0.623. The molecule has 0 N–H and O–H groups in total. The number of anilines is 9. The number of nitrogens with zero attached hydrogens (tertiary/aromatic N) is 5. The zero-order chi connectivity index (χ0) is 53.6. The highest BCUT2D eigenvalue weighted by atomic mass is 16.3. The summed E-state index contributed by atoms with van der Waals surface area (Å²) >= 11 is 0. The van der Waals surface area contributed by atoms with E-state index in [1.165, 1.54) is 10.8 Å². The third-order valence-electron chi connectivity index (χ3n) is 15.5. The molecule has 0 aliphatic carbocycles. The summed E-state index contributed by atoms with van der Waals surface area (Å²) in [7, 11) is 0. The van der Waals surface area contributed by atoms with Crippen LogP contribution in [-0.2, 0) is 0 Å². The first-order valence-electron chi connectivity index (χ1n) is 27.4. The molecule has 0 aliphatic heterocycles. The minimum Gasteiger partial charge on any atom is -0.435 e. The maximum absolute atomic E-state index is 6.84. The predicted octanol–water partition coefficient (Wildman–Crippen LogP) is 21.0. The Bertz CT molecular complexity index is 4620. The number of oxazole rings is 1. The molecule has 0 aliphatic rings. The average molecular weight is 1040 g/mol. The Kier molecular flexibility index (Phi) is 11.7. The molecule has 0 amide bonds. The molecule has 2 aromatic heterocycles. The van der Waals surface area contributed by atoms with Gasteiger partial charge in [0, 0.05) is 61.4 Å². The third kappa shape index (κ3) is 8.50. The fourth-order valence-corrected chi connectivity index (χ4v) is 11.9. The number of aromatic nitrogens is 2. The van der Waals surface area contributed by atoms with E-state index in [1.807, 2.05) is 30.3 Å². The van der Waals surface area contributed by atoms with Crippen molar-refractivity contribution in [1.29, 1.82) is 0 Å². The van der Waals surface area contributed by atoms with Crippen LogP contribution in [0.2, 0.25) is 0 Å². The summed E-state index contributed by atoms with van der Waals surface area (Å²) in [5.74, 6) is 0.594. The lowest BCUT2D eigenvalue weighted by Gasteiger charge is -2.33. The first-order chi connectivity index (χ1) is 40.2. The van der Waals surface area contributed by atoms with Crippen LogP contribution in [0.25, 0.3) is 82.7 Å². The number of hydrogen-bond donors (Lipinski definition) is 0. The van der Waals surface area contributed by atoms with Crippen LogP contribution < -0.4 is 14.7 Å². The zero-order valence-corrected chi connectivity index (χ0v) is 44.1. The van der Waals surface area contributed by atoms with Gasteiger partial charge in [-0.1, -0.05) is 188 Å². The van der Waals surface area contributed by atoms with E-state index in [-0.39, 0.29) is 0 Å². The van der Waals surface area contributed by atoms with Gasteiger partial charge in [-0.05, 0) is 143 Å². The van der Waals surface area contributed by atoms with Crippen LogP contribution in [0.3, 0.4) is 0 Å². The molecular weight excluding hydrogens is 987 g/mol. The summed E-state index contributed by atoms with van der Waals surface area (Å²) in [5.41, 5.74) is 17.1. The van der Waals surface area contributed by atoms with Gasteiger partial charge in [0.2, 0.25) is 5.89 Å². The highest BCUT2D eigenvalue weighted by Gasteiger charge is 2.25. The summed E-state index contributed by atoms with van der Waals surface area (Å²) in [6.45, 7) is 0. The van der Waals surface area contributed by atoms with Gasteiger partial charge in [0.15, 0.2) is 5.58 Å². The van der Waals surface area contributed by atoms with E-state index in [4.69, 9.17) is 9.40 Å². The molecular formula is C75H51N5O. The van der Waals surface area contributed by atoms with Crippen molar-refractivity contribution in [1.82, 2.24) is 9.55 Å². The average Bonchev–Trinajstić information content (AvgIpc) is 4.18. The van der Waals surface area contributed by atoms with Crippen LogP contribution in [-0.4, -0.2) is 9.55 Å². The molecule has 0 saturated carbocycles. The molecule has 0 atom stereocenters. The van der Waals surface area contributed by atoms with Crippen molar-refractivity contribution in [2.45, 2.75) is 0 Å². The van der Waals surface area contributed by atoms with Gasteiger partial charge in [-0.15, -0.1) is 0 Å². The molecule has 0 fully saturated rings. The largest absolute Gasteiger partial charge is 0.435 e. The number of para-hydroxylation sites is 6. The van der Waals surface area contributed by atoms with Gasteiger partial charge in [0.1, 0.15) is 5.52 Å². The minimum atomic E-state index is 0.594.